The number of halogens is 3. The standard InChI is InChI=1S/C12H10Cl2N2S.ClH/c1-8-4-5-15-12(16-8)17-7-9-2-3-10(13)11(14)6-9;/h2-6H,7H2,1H3;1H/p-1. The molecule has 0 saturated heterocycles. The first-order valence-electron chi connectivity index (χ1n) is 5.01. The first kappa shape index (κ1) is 15.6. The number of rotatable bonds is 3. The molecule has 0 fully saturated rings. The Morgan fingerprint density at radius 1 is 1.17 bits per heavy atom. The maximum absolute atomic E-state index is 5.95. The smallest absolute Gasteiger partial charge is 0.188 e. The van der Waals surface area contributed by atoms with Crippen LogP contribution < -0.4 is 12.4 Å². The van der Waals surface area contributed by atoms with E-state index in [4.69, 9.17) is 23.2 Å². The molecule has 0 atom stereocenters. The molecule has 18 heavy (non-hydrogen) atoms. The molecular weight excluding hydrogens is 311 g/mol. The van der Waals surface area contributed by atoms with Crippen LogP contribution in [0.3, 0.4) is 0 Å². The second kappa shape index (κ2) is 7.19. The van der Waals surface area contributed by atoms with Gasteiger partial charge in [-0.05, 0) is 30.7 Å². The van der Waals surface area contributed by atoms with Crippen molar-refractivity contribution in [2.75, 3.05) is 0 Å². The highest BCUT2D eigenvalue weighted by Gasteiger charge is 2.02. The Morgan fingerprint density at radius 3 is 2.61 bits per heavy atom. The van der Waals surface area contributed by atoms with E-state index in [2.05, 4.69) is 9.97 Å². The van der Waals surface area contributed by atoms with Gasteiger partial charge in [-0.1, -0.05) is 41.0 Å². The zero-order chi connectivity index (χ0) is 12.3. The third-order valence-electron chi connectivity index (χ3n) is 2.12. The zero-order valence-corrected chi connectivity index (χ0v) is 12.6. The molecule has 0 saturated carbocycles. The third-order valence-corrected chi connectivity index (χ3v) is 3.80. The lowest BCUT2D eigenvalue weighted by atomic mass is 10.2. The molecule has 0 spiro atoms. The highest BCUT2D eigenvalue weighted by Crippen LogP contribution is 2.26. The van der Waals surface area contributed by atoms with Crippen molar-refractivity contribution in [3.8, 4) is 0 Å². The first-order chi connectivity index (χ1) is 8.15. The Morgan fingerprint density at radius 2 is 1.94 bits per heavy atom. The number of nitrogens with zero attached hydrogens (tertiary/aromatic N) is 2. The molecule has 0 bridgehead atoms. The molecule has 0 amide bonds. The maximum Gasteiger partial charge on any atom is 0.188 e. The highest BCUT2D eigenvalue weighted by molar-refractivity contribution is 7.98. The molecule has 2 aromatic rings. The fraction of sp³-hybridized carbons (Fsp3) is 0.167. The van der Waals surface area contributed by atoms with Crippen molar-refractivity contribution in [3.63, 3.8) is 0 Å². The van der Waals surface area contributed by atoms with Gasteiger partial charge in [-0.25, -0.2) is 9.97 Å². The summed E-state index contributed by atoms with van der Waals surface area (Å²) in [6.07, 6.45) is 1.76. The van der Waals surface area contributed by atoms with Crippen molar-refractivity contribution in [2.45, 2.75) is 17.8 Å². The minimum Gasteiger partial charge on any atom is -1.00 e. The summed E-state index contributed by atoms with van der Waals surface area (Å²) in [6, 6.07) is 7.50. The van der Waals surface area contributed by atoms with Gasteiger partial charge in [0.05, 0.1) is 10.0 Å². The van der Waals surface area contributed by atoms with E-state index in [1.54, 1.807) is 24.0 Å². The van der Waals surface area contributed by atoms with Crippen LogP contribution in [0.2, 0.25) is 10.0 Å². The zero-order valence-electron chi connectivity index (χ0n) is 9.53. The van der Waals surface area contributed by atoms with Gasteiger partial charge in [-0.3, -0.25) is 0 Å². The molecule has 1 aromatic carbocycles. The summed E-state index contributed by atoms with van der Waals surface area (Å²) >= 11 is 13.4. The van der Waals surface area contributed by atoms with Gasteiger partial charge in [0.1, 0.15) is 0 Å². The molecule has 0 aliphatic heterocycles. The lowest BCUT2D eigenvalue weighted by molar-refractivity contribution is -0.00000345. The molecule has 96 valence electrons. The van der Waals surface area contributed by atoms with E-state index in [1.807, 2.05) is 25.1 Å². The molecule has 0 aliphatic carbocycles. The lowest BCUT2D eigenvalue weighted by Gasteiger charge is -2.03. The molecule has 2 rings (SSSR count). The Balaban J connectivity index is 0.00000162. The molecule has 6 heteroatoms. The average molecular weight is 321 g/mol. The van der Waals surface area contributed by atoms with Crippen molar-refractivity contribution in [1.82, 2.24) is 9.97 Å². The van der Waals surface area contributed by atoms with Gasteiger partial charge in [-0.2, -0.15) is 0 Å². The predicted molar refractivity (Wildman–Crippen MR) is 72.8 cm³/mol. The summed E-state index contributed by atoms with van der Waals surface area (Å²) in [6.45, 7) is 1.95. The second-order valence-electron chi connectivity index (χ2n) is 3.52. The molecule has 0 aliphatic rings. The molecule has 1 aromatic heterocycles. The summed E-state index contributed by atoms with van der Waals surface area (Å²) in [5.41, 5.74) is 2.08. The SMILES string of the molecule is Cc1ccnc(SCc2ccc(Cl)c(Cl)c2)n1.[Cl-]. The summed E-state index contributed by atoms with van der Waals surface area (Å²) in [5.74, 6) is 0.778. The first-order valence-corrected chi connectivity index (χ1v) is 6.75. The normalized spacial score (nSPS) is 9.94. The van der Waals surface area contributed by atoms with Crippen molar-refractivity contribution in [3.05, 3.63) is 51.8 Å². The number of hydrogen-bond acceptors (Lipinski definition) is 3. The summed E-state index contributed by atoms with van der Waals surface area (Å²) in [5, 5.41) is 1.93. The van der Waals surface area contributed by atoms with Crippen LogP contribution in [0.15, 0.2) is 35.6 Å². The Hall–Kier alpha value is -0.480. The number of benzene rings is 1. The van der Waals surface area contributed by atoms with E-state index in [0.717, 1.165) is 22.2 Å². The van der Waals surface area contributed by atoms with Crippen LogP contribution in [-0.4, -0.2) is 9.97 Å². The largest absolute Gasteiger partial charge is 1.00 e. The highest BCUT2D eigenvalue weighted by atomic mass is 35.5. The van der Waals surface area contributed by atoms with Crippen molar-refractivity contribution >= 4 is 35.0 Å². The van der Waals surface area contributed by atoms with Crippen LogP contribution in [0.1, 0.15) is 11.3 Å². The van der Waals surface area contributed by atoms with E-state index in [0.29, 0.717) is 10.0 Å². The molecule has 0 radical (unpaired) electrons. The van der Waals surface area contributed by atoms with Crippen LogP contribution >= 0.6 is 35.0 Å². The van der Waals surface area contributed by atoms with Gasteiger partial charge in [0.15, 0.2) is 5.16 Å². The minimum absolute atomic E-state index is 0. The predicted octanol–water partition coefficient (Wildman–Crippen LogP) is 1.39. The number of aryl methyl sites for hydroxylation is 1. The van der Waals surface area contributed by atoms with Crippen molar-refractivity contribution < 1.29 is 12.4 Å². The Kier molecular flexibility index (Phi) is 6.22. The van der Waals surface area contributed by atoms with Crippen LogP contribution in [0.5, 0.6) is 0 Å². The molecule has 2 nitrogen and oxygen atoms in total. The number of aromatic nitrogens is 2. The average Bonchev–Trinajstić information content (AvgIpc) is 2.31. The fourth-order valence-corrected chi connectivity index (χ4v) is 2.41. The van der Waals surface area contributed by atoms with E-state index in [9.17, 15) is 0 Å². The number of hydrogen-bond donors (Lipinski definition) is 0. The van der Waals surface area contributed by atoms with E-state index < -0.39 is 0 Å². The van der Waals surface area contributed by atoms with Crippen LogP contribution in [0.25, 0.3) is 0 Å². The van der Waals surface area contributed by atoms with Crippen LogP contribution in [-0.2, 0) is 5.75 Å². The van der Waals surface area contributed by atoms with E-state index in [1.165, 1.54) is 0 Å². The monoisotopic (exact) mass is 319 g/mol. The quantitative estimate of drug-likeness (QED) is 0.631. The molecule has 0 unspecified atom stereocenters. The van der Waals surface area contributed by atoms with Gasteiger partial charge in [0.2, 0.25) is 0 Å². The van der Waals surface area contributed by atoms with Crippen molar-refractivity contribution in [1.29, 1.82) is 0 Å². The van der Waals surface area contributed by atoms with Gasteiger partial charge >= 0.3 is 0 Å². The van der Waals surface area contributed by atoms with Gasteiger partial charge in [0.25, 0.3) is 0 Å². The second-order valence-corrected chi connectivity index (χ2v) is 5.27. The molecule has 0 N–H and O–H groups in total. The van der Waals surface area contributed by atoms with Crippen LogP contribution in [0.4, 0.5) is 0 Å². The van der Waals surface area contributed by atoms with Crippen LogP contribution in [0, 0.1) is 6.92 Å². The summed E-state index contributed by atoms with van der Waals surface area (Å²) in [4.78, 5) is 8.51. The Labute approximate surface area is 127 Å². The molecule has 1 heterocycles. The Bertz CT molecular complexity index is 534. The fourth-order valence-electron chi connectivity index (χ4n) is 1.27. The van der Waals surface area contributed by atoms with Crippen molar-refractivity contribution in [2.24, 2.45) is 0 Å². The topological polar surface area (TPSA) is 25.8 Å². The van der Waals surface area contributed by atoms with E-state index in [-0.39, 0.29) is 12.4 Å². The van der Waals surface area contributed by atoms with Gasteiger partial charge in [-0.15, -0.1) is 0 Å². The minimum atomic E-state index is 0. The summed E-state index contributed by atoms with van der Waals surface area (Å²) in [7, 11) is 0. The lowest BCUT2D eigenvalue weighted by Crippen LogP contribution is -3.00. The van der Waals surface area contributed by atoms with E-state index >= 15 is 0 Å². The van der Waals surface area contributed by atoms with Gasteiger partial charge in [0, 0.05) is 17.6 Å². The summed E-state index contributed by atoms with van der Waals surface area (Å²) < 4.78 is 0. The third kappa shape index (κ3) is 4.32. The van der Waals surface area contributed by atoms with Gasteiger partial charge < -0.3 is 12.4 Å². The number of thioether (sulfide) groups is 1. The maximum atomic E-state index is 5.95. The molecular formula is C12H10Cl3N2S-.